The summed E-state index contributed by atoms with van der Waals surface area (Å²) in [7, 11) is 1.43. The average molecular weight is 321 g/mol. The quantitative estimate of drug-likeness (QED) is 0.880. The van der Waals surface area contributed by atoms with Crippen LogP contribution in [0.15, 0.2) is 36.4 Å². The van der Waals surface area contributed by atoms with Gasteiger partial charge in [0.15, 0.2) is 11.5 Å². The first-order valence-electron chi connectivity index (χ1n) is 6.77. The number of carboxylic acid groups (broad SMARTS) is 1. The number of aliphatic carboxylic acids is 1. The van der Waals surface area contributed by atoms with E-state index >= 15 is 0 Å². The first-order valence-corrected chi connectivity index (χ1v) is 7.15. The highest BCUT2D eigenvalue weighted by Crippen LogP contribution is 2.38. The number of carboxylic acids is 1. The highest BCUT2D eigenvalue weighted by atomic mass is 35.5. The summed E-state index contributed by atoms with van der Waals surface area (Å²) >= 11 is 6.12. The Labute approximate surface area is 133 Å². The molecule has 5 heteroatoms. The molecule has 0 aliphatic heterocycles. The molecule has 0 spiro atoms. The molecule has 116 valence electrons. The molecule has 2 N–H and O–H groups in total. The molecule has 0 fully saturated rings. The Morgan fingerprint density at radius 3 is 2.41 bits per heavy atom. The van der Waals surface area contributed by atoms with Crippen LogP contribution >= 0.6 is 11.6 Å². The molecular formula is C17H17ClO4. The zero-order chi connectivity index (χ0) is 16.3. The van der Waals surface area contributed by atoms with Crippen LogP contribution in [0.2, 0.25) is 5.02 Å². The molecule has 0 saturated heterocycles. The minimum absolute atomic E-state index is 0.123. The third-order valence-electron chi connectivity index (χ3n) is 3.58. The lowest BCUT2D eigenvalue weighted by atomic mass is 9.91. The molecule has 0 aliphatic carbocycles. The lowest BCUT2D eigenvalue weighted by molar-refractivity contribution is -0.138. The summed E-state index contributed by atoms with van der Waals surface area (Å²) in [6.45, 7) is 1.94. The van der Waals surface area contributed by atoms with E-state index in [9.17, 15) is 15.0 Å². The third kappa shape index (κ3) is 3.34. The zero-order valence-corrected chi connectivity index (χ0v) is 13.1. The number of halogens is 1. The second kappa shape index (κ2) is 6.71. The molecule has 0 aliphatic rings. The number of methoxy groups -OCH3 is 1. The third-order valence-corrected chi connectivity index (χ3v) is 4.00. The average Bonchev–Trinajstić information content (AvgIpc) is 2.50. The zero-order valence-electron chi connectivity index (χ0n) is 12.3. The van der Waals surface area contributed by atoms with Crippen LogP contribution < -0.4 is 4.74 Å². The van der Waals surface area contributed by atoms with Gasteiger partial charge >= 0.3 is 5.97 Å². The number of carbonyl (C=O) groups is 1. The van der Waals surface area contributed by atoms with Crippen LogP contribution in [-0.4, -0.2) is 23.3 Å². The van der Waals surface area contributed by atoms with Crippen LogP contribution in [0.3, 0.4) is 0 Å². The number of phenols is 1. The SMILES string of the molecule is COc1ccc(CC(C(=O)O)c2ccc(C)cc2)c(Cl)c1O. The number of benzene rings is 2. The van der Waals surface area contributed by atoms with Crippen LogP contribution in [0.5, 0.6) is 11.5 Å². The van der Waals surface area contributed by atoms with E-state index in [-0.39, 0.29) is 22.9 Å². The fourth-order valence-electron chi connectivity index (χ4n) is 2.28. The lowest BCUT2D eigenvalue weighted by Gasteiger charge is -2.15. The predicted octanol–water partition coefficient (Wildman–Crippen LogP) is 3.77. The first kappa shape index (κ1) is 16.2. The van der Waals surface area contributed by atoms with Crippen molar-refractivity contribution < 1.29 is 19.7 Å². The number of aromatic hydroxyl groups is 1. The molecule has 0 radical (unpaired) electrons. The summed E-state index contributed by atoms with van der Waals surface area (Å²) in [6.07, 6.45) is 0.189. The lowest BCUT2D eigenvalue weighted by Crippen LogP contribution is -2.14. The van der Waals surface area contributed by atoms with Crippen molar-refractivity contribution in [3.63, 3.8) is 0 Å². The van der Waals surface area contributed by atoms with Gasteiger partial charge in [0.05, 0.1) is 18.1 Å². The van der Waals surface area contributed by atoms with E-state index in [0.717, 1.165) is 5.56 Å². The van der Waals surface area contributed by atoms with Crippen molar-refractivity contribution in [2.24, 2.45) is 0 Å². The maximum Gasteiger partial charge on any atom is 0.311 e. The normalized spacial score (nSPS) is 12.0. The van der Waals surface area contributed by atoms with Crippen molar-refractivity contribution in [3.05, 3.63) is 58.1 Å². The van der Waals surface area contributed by atoms with Gasteiger partial charge in [-0.15, -0.1) is 0 Å². The summed E-state index contributed by atoms with van der Waals surface area (Å²) in [5.74, 6) is -1.58. The molecule has 0 saturated carbocycles. The van der Waals surface area contributed by atoms with Gasteiger partial charge in [0, 0.05) is 0 Å². The standard InChI is InChI=1S/C17H17ClO4/c1-10-3-5-11(6-4-10)13(17(20)21)9-12-7-8-14(22-2)16(19)15(12)18/h3-8,13,19H,9H2,1-2H3,(H,20,21). The highest BCUT2D eigenvalue weighted by Gasteiger charge is 2.23. The van der Waals surface area contributed by atoms with Crippen molar-refractivity contribution >= 4 is 17.6 Å². The van der Waals surface area contributed by atoms with Crippen molar-refractivity contribution in [2.75, 3.05) is 7.11 Å². The fraction of sp³-hybridized carbons (Fsp3) is 0.235. The fourth-order valence-corrected chi connectivity index (χ4v) is 2.51. The summed E-state index contributed by atoms with van der Waals surface area (Å²) in [4.78, 5) is 11.6. The van der Waals surface area contributed by atoms with E-state index in [2.05, 4.69) is 0 Å². The number of phenolic OH excluding ortho intramolecular Hbond substituents is 1. The topological polar surface area (TPSA) is 66.8 Å². The van der Waals surface area contributed by atoms with Gasteiger partial charge in [-0.25, -0.2) is 0 Å². The Hall–Kier alpha value is -2.20. The van der Waals surface area contributed by atoms with Crippen LogP contribution in [0, 0.1) is 6.92 Å². The first-order chi connectivity index (χ1) is 10.4. The monoisotopic (exact) mass is 320 g/mol. The van der Waals surface area contributed by atoms with Crippen molar-refractivity contribution in [1.82, 2.24) is 0 Å². The molecule has 4 nitrogen and oxygen atoms in total. The smallest absolute Gasteiger partial charge is 0.311 e. The minimum Gasteiger partial charge on any atom is -0.503 e. The predicted molar refractivity (Wildman–Crippen MR) is 84.9 cm³/mol. The van der Waals surface area contributed by atoms with E-state index in [1.165, 1.54) is 7.11 Å². The molecule has 2 rings (SSSR count). The summed E-state index contributed by atoms with van der Waals surface area (Å²) in [6, 6.07) is 10.6. The van der Waals surface area contributed by atoms with Gasteiger partial charge < -0.3 is 14.9 Å². The summed E-state index contributed by atoms with van der Waals surface area (Å²) in [5.41, 5.74) is 2.32. The van der Waals surface area contributed by atoms with E-state index in [1.54, 1.807) is 24.3 Å². The van der Waals surface area contributed by atoms with Crippen LogP contribution in [0.25, 0.3) is 0 Å². The summed E-state index contributed by atoms with van der Waals surface area (Å²) in [5, 5.41) is 19.5. The highest BCUT2D eigenvalue weighted by molar-refractivity contribution is 6.33. The number of rotatable bonds is 5. The van der Waals surface area contributed by atoms with Crippen LogP contribution in [0.1, 0.15) is 22.6 Å². The van der Waals surface area contributed by atoms with Gasteiger partial charge in [0.1, 0.15) is 0 Å². The molecule has 22 heavy (non-hydrogen) atoms. The van der Waals surface area contributed by atoms with Gasteiger partial charge in [0.2, 0.25) is 0 Å². The van der Waals surface area contributed by atoms with Crippen molar-refractivity contribution in [1.29, 1.82) is 0 Å². The molecule has 0 amide bonds. The number of hydrogen-bond donors (Lipinski definition) is 2. The van der Waals surface area contributed by atoms with Crippen molar-refractivity contribution in [2.45, 2.75) is 19.3 Å². The van der Waals surface area contributed by atoms with Gasteiger partial charge in [-0.3, -0.25) is 4.79 Å². The molecule has 2 aromatic rings. The maximum absolute atomic E-state index is 11.6. The molecule has 0 bridgehead atoms. The second-order valence-corrected chi connectivity index (χ2v) is 5.47. The van der Waals surface area contributed by atoms with E-state index in [1.807, 2.05) is 19.1 Å². The Bertz CT molecular complexity index is 680. The van der Waals surface area contributed by atoms with E-state index in [4.69, 9.17) is 16.3 Å². The minimum atomic E-state index is -0.935. The van der Waals surface area contributed by atoms with Crippen molar-refractivity contribution in [3.8, 4) is 11.5 Å². The van der Waals surface area contributed by atoms with Crippen LogP contribution in [0.4, 0.5) is 0 Å². The van der Waals surface area contributed by atoms with E-state index < -0.39 is 11.9 Å². The van der Waals surface area contributed by atoms with Gasteiger partial charge in [-0.05, 0) is 30.5 Å². The molecule has 2 aromatic carbocycles. The van der Waals surface area contributed by atoms with Gasteiger partial charge in [-0.1, -0.05) is 47.5 Å². The largest absolute Gasteiger partial charge is 0.503 e. The number of aryl methyl sites for hydroxylation is 1. The Balaban J connectivity index is 2.35. The maximum atomic E-state index is 11.6. The van der Waals surface area contributed by atoms with Gasteiger partial charge in [-0.2, -0.15) is 0 Å². The Morgan fingerprint density at radius 1 is 1.23 bits per heavy atom. The number of hydrogen-bond acceptors (Lipinski definition) is 3. The number of ether oxygens (including phenoxy) is 1. The molecule has 0 aromatic heterocycles. The molecular weight excluding hydrogens is 304 g/mol. The van der Waals surface area contributed by atoms with E-state index in [0.29, 0.717) is 11.1 Å². The Kier molecular flexibility index (Phi) is 4.93. The van der Waals surface area contributed by atoms with Crippen LogP contribution in [-0.2, 0) is 11.2 Å². The molecule has 1 unspecified atom stereocenters. The summed E-state index contributed by atoms with van der Waals surface area (Å²) < 4.78 is 4.98. The van der Waals surface area contributed by atoms with Gasteiger partial charge in [0.25, 0.3) is 0 Å². The second-order valence-electron chi connectivity index (χ2n) is 5.10. The molecule has 0 heterocycles. The Morgan fingerprint density at radius 2 is 1.86 bits per heavy atom. The molecule has 1 atom stereocenters.